The van der Waals surface area contributed by atoms with Crippen LogP contribution in [0.4, 0.5) is 4.39 Å². The maximum absolute atomic E-state index is 13.7. The van der Waals surface area contributed by atoms with Crippen molar-refractivity contribution in [1.29, 1.82) is 0 Å². The van der Waals surface area contributed by atoms with Gasteiger partial charge in [-0.25, -0.2) is 9.18 Å². The zero-order chi connectivity index (χ0) is 22.9. The van der Waals surface area contributed by atoms with Crippen LogP contribution < -0.4 is 9.47 Å². The first kappa shape index (κ1) is 23.6. The lowest BCUT2D eigenvalue weighted by Crippen LogP contribution is -2.20. The summed E-state index contributed by atoms with van der Waals surface area (Å²) in [6, 6.07) is 12.5. The Hall–Kier alpha value is -3.11. The van der Waals surface area contributed by atoms with Gasteiger partial charge >= 0.3 is 5.97 Å². The molecule has 2 atom stereocenters. The van der Waals surface area contributed by atoms with Gasteiger partial charge in [0.1, 0.15) is 12.4 Å². The highest BCUT2D eigenvalue weighted by atomic mass is 32.2. The molecule has 0 bridgehead atoms. The number of thioether (sulfide) groups is 1. The van der Waals surface area contributed by atoms with Crippen molar-refractivity contribution in [3.63, 3.8) is 0 Å². The molecule has 3 rings (SSSR count). The number of aliphatic hydroxyl groups excluding tert-OH is 1. The normalized spacial score (nSPS) is 12.8. The minimum absolute atomic E-state index is 0.0412. The maximum atomic E-state index is 13.7. The second-order valence-corrected chi connectivity index (χ2v) is 7.59. The second kappa shape index (κ2) is 11.5. The van der Waals surface area contributed by atoms with Crippen molar-refractivity contribution < 1.29 is 32.9 Å². The van der Waals surface area contributed by atoms with Crippen molar-refractivity contribution in [2.75, 3.05) is 19.0 Å². The van der Waals surface area contributed by atoms with Crippen LogP contribution in [0.15, 0.2) is 58.2 Å². The van der Waals surface area contributed by atoms with Crippen molar-refractivity contribution in [1.82, 2.24) is 10.2 Å². The van der Waals surface area contributed by atoms with E-state index in [1.54, 1.807) is 50.2 Å². The van der Waals surface area contributed by atoms with Crippen LogP contribution in [0.5, 0.6) is 11.5 Å². The molecule has 2 unspecified atom stereocenters. The van der Waals surface area contributed by atoms with E-state index in [2.05, 4.69) is 10.2 Å². The van der Waals surface area contributed by atoms with Crippen LogP contribution in [-0.2, 0) is 4.74 Å². The molecule has 0 radical (unpaired) electrons. The predicted molar refractivity (Wildman–Crippen MR) is 114 cm³/mol. The molecule has 0 saturated carbocycles. The van der Waals surface area contributed by atoms with Crippen molar-refractivity contribution in [3.8, 4) is 11.5 Å². The summed E-state index contributed by atoms with van der Waals surface area (Å²) in [6.45, 7) is 3.76. The minimum Gasteiger partial charge on any atom is -0.491 e. The molecule has 0 aliphatic rings. The van der Waals surface area contributed by atoms with E-state index < -0.39 is 24.0 Å². The van der Waals surface area contributed by atoms with Crippen LogP contribution in [0.25, 0.3) is 0 Å². The monoisotopic (exact) mass is 462 g/mol. The highest BCUT2D eigenvalue weighted by molar-refractivity contribution is 7.99. The van der Waals surface area contributed by atoms with Crippen molar-refractivity contribution in [2.45, 2.75) is 31.3 Å². The second-order valence-electron chi connectivity index (χ2n) is 6.62. The fraction of sp³-hybridized carbons (Fsp3) is 0.318. The molecule has 32 heavy (non-hydrogen) atoms. The van der Waals surface area contributed by atoms with Gasteiger partial charge in [-0.3, -0.25) is 0 Å². The van der Waals surface area contributed by atoms with Gasteiger partial charge < -0.3 is 23.7 Å². The molecule has 10 heteroatoms. The quantitative estimate of drug-likeness (QED) is 0.334. The van der Waals surface area contributed by atoms with Gasteiger partial charge in [-0.2, -0.15) is 0 Å². The third-order valence-corrected chi connectivity index (χ3v) is 5.08. The number of hydrogen-bond donors (Lipinski definition) is 1. The number of para-hydroxylation sites is 1. The molecule has 8 nitrogen and oxygen atoms in total. The van der Waals surface area contributed by atoms with E-state index in [0.29, 0.717) is 17.9 Å². The fourth-order valence-electron chi connectivity index (χ4n) is 2.53. The Kier molecular flexibility index (Phi) is 8.46. The predicted octanol–water partition coefficient (Wildman–Crippen LogP) is 4.06. The zero-order valence-corrected chi connectivity index (χ0v) is 18.4. The van der Waals surface area contributed by atoms with Gasteiger partial charge in [0.15, 0.2) is 17.7 Å². The standard InChI is InChI=1S/C22H23FN2O6S/c1-3-28-21(27)15-8-10-17(11-9-15)29-12-16(26)13-32-22-25-24-20(31-22)14(2)30-19-7-5-4-6-18(19)23/h4-11,14,16,26H,3,12-13H2,1-2H3. The van der Waals surface area contributed by atoms with Gasteiger partial charge in [-0.15, -0.1) is 10.2 Å². The average Bonchev–Trinajstić information content (AvgIpc) is 3.27. The first-order valence-corrected chi connectivity index (χ1v) is 10.9. The molecule has 1 aromatic heterocycles. The van der Waals surface area contributed by atoms with Crippen LogP contribution in [0.2, 0.25) is 0 Å². The van der Waals surface area contributed by atoms with Crippen LogP contribution in [0.1, 0.15) is 36.2 Å². The number of carbonyl (C=O) groups is 1. The summed E-state index contributed by atoms with van der Waals surface area (Å²) in [7, 11) is 0. The molecule has 0 spiro atoms. The van der Waals surface area contributed by atoms with E-state index in [9.17, 15) is 14.3 Å². The van der Waals surface area contributed by atoms with E-state index in [1.807, 2.05) is 0 Å². The molecule has 170 valence electrons. The number of aromatic nitrogens is 2. The Bertz CT molecular complexity index is 1010. The van der Waals surface area contributed by atoms with Gasteiger partial charge in [-0.1, -0.05) is 23.9 Å². The summed E-state index contributed by atoms with van der Waals surface area (Å²) in [6.07, 6.45) is -1.44. The number of halogens is 1. The molecule has 3 aromatic rings. The molecule has 0 aliphatic carbocycles. The number of hydrogen-bond acceptors (Lipinski definition) is 9. The van der Waals surface area contributed by atoms with Crippen LogP contribution in [0.3, 0.4) is 0 Å². The third kappa shape index (κ3) is 6.69. The zero-order valence-electron chi connectivity index (χ0n) is 17.6. The number of ether oxygens (including phenoxy) is 3. The number of rotatable bonds is 11. The van der Waals surface area contributed by atoms with E-state index in [1.165, 1.54) is 12.1 Å². The van der Waals surface area contributed by atoms with Crippen LogP contribution in [-0.4, -0.2) is 46.3 Å². The first-order chi connectivity index (χ1) is 15.5. The Morgan fingerprint density at radius 3 is 2.66 bits per heavy atom. The summed E-state index contributed by atoms with van der Waals surface area (Å²) in [5, 5.41) is 18.2. The lowest BCUT2D eigenvalue weighted by molar-refractivity contribution is 0.0526. The van der Waals surface area contributed by atoms with Crippen molar-refractivity contribution in [3.05, 3.63) is 65.8 Å². The van der Waals surface area contributed by atoms with E-state index in [4.69, 9.17) is 18.6 Å². The summed E-state index contributed by atoms with van der Waals surface area (Å²) < 4.78 is 35.2. The van der Waals surface area contributed by atoms with Gasteiger partial charge in [0.25, 0.3) is 11.1 Å². The molecule has 0 aliphatic heterocycles. The summed E-state index contributed by atoms with van der Waals surface area (Å²) >= 11 is 1.16. The highest BCUT2D eigenvalue weighted by Crippen LogP contribution is 2.26. The van der Waals surface area contributed by atoms with Gasteiger partial charge in [-0.05, 0) is 50.2 Å². The number of nitrogens with zero attached hydrogens (tertiary/aromatic N) is 2. The summed E-state index contributed by atoms with van der Waals surface area (Å²) in [5.41, 5.74) is 0.427. The highest BCUT2D eigenvalue weighted by Gasteiger charge is 2.18. The van der Waals surface area contributed by atoms with E-state index >= 15 is 0 Å². The van der Waals surface area contributed by atoms with Crippen LogP contribution >= 0.6 is 11.8 Å². The molecule has 0 amide bonds. The van der Waals surface area contributed by atoms with Gasteiger partial charge in [0.2, 0.25) is 0 Å². The van der Waals surface area contributed by atoms with Gasteiger partial charge in [0, 0.05) is 5.75 Å². The summed E-state index contributed by atoms with van der Waals surface area (Å²) in [4.78, 5) is 11.6. The molecule has 0 fully saturated rings. The van der Waals surface area contributed by atoms with Gasteiger partial charge in [0.05, 0.1) is 18.3 Å². The lowest BCUT2D eigenvalue weighted by atomic mass is 10.2. The Morgan fingerprint density at radius 1 is 1.19 bits per heavy atom. The Morgan fingerprint density at radius 2 is 1.94 bits per heavy atom. The van der Waals surface area contributed by atoms with E-state index in [0.717, 1.165) is 11.8 Å². The van der Waals surface area contributed by atoms with E-state index in [-0.39, 0.29) is 29.2 Å². The molecule has 1 heterocycles. The fourth-order valence-corrected chi connectivity index (χ4v) is 3.21. The molecular formula is C22H23FN2O6S. The number of aliphatic hydroxyl groups is 1. The number of benzene rings is 2. The van der Waals surface area contributed by atoms with Crippen LogP contribution in [0, 0.1) is 5.82 Å². The lowest BCUT2D eigenvalue weighted by Gasteiger charge is -2.12. The average molecular weight is 462 g/mol. The smallest absolute Gasteiger partial charge is 0.338 e. The number of carbonyl (C=O) groups excluding carboxylic acids is 1. The molecule has 0 saturated heterocycles. The van der Waals surface area contributed by atoms with Crippen molar-refractivity contribution in [2.24, 2.45) is 0 Å². The Labute approximate surface area is 188 Å². The SMILES string of the molecule is CCOC(=O)c1ccc(OCC(O)CSc2nnc(C(C)Oc3ccccc3F)o2)cc1. The molecular weight excluding hydrogens is 439 g/mol. The van der Waals surface area contributed by atoms with Crippen molar-refractivity contribution >= 4 is 17.7 Å². The largest absolute Gasteiger partial charge is 0.491 e. The molecule has 1 N–H and O–H groups in total. The topological polar surface area (TPSA) is 104 Å². The summed E-state index contributed by atoms with van der Waals surface area (Å²) in [5.74, 6) is 0.181. The minimum atomic E-state index is -0.799. The molecule has 2 aromatic carbocycles. The first-order valence-electron chi connectivity index (χ1n) is 9.91. The number of esters is 1. The Balaban J connectivity index is 1.43. The third-order valence-electron chi connectivity index (χ3n) is 4.12. The maximum Gasteiger partial charge on any atom is 0.338 e.